The number of ether oxygens (including phenoxy) is 1. The number of carbonyl (C=O) groups is 2. The van der Waals surface area contributed by atoms with Crippen molar-refractivity contribution >= 4 is 39.3 Å². The van der Waals surface area contributed by atoms with Gasteiger partial charge >= 0.3 is 12.2 Å². The molecule has 0 saturated heterocycles. The Morgan fingerprint density at radius 3 is 2.23 bits per heavy atom. The van der Waals surface area contributed by atoms with Gasteiger partial charge in [0.2, 0.25) is 10.0 Å². The van der Waals surface area contributed by atoms with E-state index in [0.29, 0.717) is 17.1 Å². The molecule has 1 N–H and O–H groups in total. The predicted molar refractivity (Wildman–Crippen MR) is 115 cm³/mol. The average molecular weight is 433 g/mol. The maximum Gasteiger partial charge on any atom is 0.414 e. The lowest BCUT2D eigenvalue weighted by molar-refractivity contribution is 0.175. The number of rotatable bonds is 3. The third-order valence-electron chi connectivity index (χ3n) is 5.08. The first kappa shape index (κ1) is 21.4. The lowest BCUT2D eigenvalue weighted by atomic mass is 10.0. The smallest absolute Gasteiger partial charge is 0.414 e. The van der Waals surface area contributed by atoms with Crippen molar-refractivity contribution in [2.75, 3.05) is 41.1 Å². The highest BCUT2D eigenvalue weighted by atomic mass is 32.2. The first-order chi connectivity index (χ1) is 14.0. The van der Waals surface area contributed by atoms with Gasteiger partial charge in [0.15, 0.2) is 0 Å². The SMILES string of the molecule is COC(=O)N1c2ccc(-c3ccc(N(C)S(C)(=O)=O)cc3)cc2N(C(=O)O)C[C@@H]1C. The molecule has 9 nitrogen and oxygen atoms in total. The summed E-state index contributed by atoms with van der Waals surface area (Å²) < 4.78 is 29.4. The topological polar surface area (TPSA) is 107 Å². The predicted octanol–water partition coefficient (Wildman–Crippen LogP) is 3.21. The van der Waals surface area contributed by atoms with Gasteiger partial charge in [-0.2, -0.15) is 0 Å². The highest BCUT2D eigenvalue weighted by Gasteiger charge is 2.35. The minimum absolute atomic E-state index is 0.110. The maximum atomic E-state index is 12.2. The van der Waals surface area contributed by atoms with Crippen LogP contribution in [0.25, 0.3) is 11.1 Å². The van der Waals surface area contributed by atoms with E-state index in [-0.39, 0.29) is 6.54 Å². The number of hydrogen-bond donors (Lipinski definition) is 1. The number of amides is 2. The number of anilines is 3. The van der Waals surface area contributed by atoms with Crippen LogP contribution >= 0.6 is 0 Å². The third-order valence-corrected chi connectivity index (χ3v) is 6.28. The zero-order valence-corrected chi connectivity index (χ0v) is 17.9. The van der Waals surface area contributed by atoms with Gasteiger partial charge in [0.05, 0.1) is 43.0 Å². The summed E-state index contributed by atoms with van der Waals surface area (Å²) in [6, 6.07) is 11.6. The minimum atomic E-state index is -3.37. The summed E-state index contributed by atoms with van der Waals surface area (Å²) in [6.07, 6.45) is -0.552. The number of sulfonamides is 1. The van der Waals surface area contributed by atoms with Crippen LogP contribution in [0.4, 0.5) is 26.7 Å². The Morgan fingerprint density at radius 1 is 1.10 bits per heavy atom. The Hall–Kier alpha value is -3.27. The summed E-state index contributed by atoms with van der Waals surface area (Å²) in [5.74, 6) is 0. The number of nitrogens with zero attached hydrogens (tertiary/aromatic N) is 3. The van der Waals surface area contributed by atoms with Gasteiger partial charge in [-0.25, -0.2) is 18.0 Å². The molecule has 2 aromatic rings. The lowest BCUT2D eigenvalue weighted by Crippen LogP contribution is -2.51. The second kappa shape index (κ2) is 7.86. The van der Waals surface area contributed by atoms with Crippen LogP contribution in [-0.2, 0) is 14.8 Å². The number of fused-ring (bicyclic) bond motifs is 1. The first-order valence-electron chi connectivity index (χ1n) is 9.10. The molecule has 1 aliphatic rings. The molecule has 0 aromatic heterocycles. The standard InChI is InChI=1S/C20H23N3O6S/c1-13-12-22(19(24)25)18-11-15(7-10-17(18)23(13)20(26)29-3)14-5-8-16(9-6-14)21(2)30(4,27)28/h5-11,13H,12H2,1-4H3,(H,24,25)/t13-/m0/s1. The third kappa shape index (κ3) is 3.90. The van der Waals surface area contributed by atoms with Crippen molar-refractivity contribution in [2.45, 2.75) is 13.0 Å². The number of benzene rings is 2. The van der Waals surface area contributed by atoms with E-state index in [1.165, 1.54) is 28.3 Å². The summed E-state index contributed by atoms with van der Waals surface area (Å²) in [4.78, 5) is 26.7. The molecule has 1 heterocycles. The molecular weight excluding hydrogens is 410 g/mol. The molecule has 0 radical (unpaired) electrons. The van der Waals surface area contributed by atoms with Crippen molar-refractivity contribution in [1.82, 2.24) is 0 Å². The normalized spacial score (nSPS) is 16.1. The molecule has 3 rings (SSSR count). The van der Waals surface area contributed by atoms with Crippen molar-refractivity contribution in [1.29, 1.82) is 0 Å². The zero-order chi connectivity index (χ0) is 22.2. The van der Waals surface area contributed by atoms with Crippen LogP contribution in [0.15, 0.2) is 42.5 Å². The van der Waals surface area contributed by atoms with Crippen LogP contribution < -0.4 is 14.1 Å². The fourth-order valence-corrected chi connectivity index (χ4v) is 3.92. The fourth-order valence-electron chi connectivity index (χ4n) is 3.42. The number of carbonyl (C=O) groups excluding carboxylic acids is 1. The summed E-state index contributed by atoms with van der Waals surface area (Å²) in [5.41, 5.74) is 2.84. The Labute approximate surface area is 175 Å². The van der Waals surface area contributed by atoms with E-state index in [2.05, 4.69) is 0 Å². The molecule has 30 heavy (non-hydrogen) atoms. The average Bonchev–Trinajstić information content (AvgIpc) is 2.71. The summed E-state index contributed by atoms with van der Waals surface area (Å²) in [6.45, 7) is 1.86. The van der Waals surface area contributed by atoms with Gasteiger partial charge in [-0.05, 0) is 42.3 Å². The van der Waals surface area contributed by atoms with Gasteiger partial charge in [-0.15, -0.1) is 0 Å². The van der Waals surface area contributed by atoms with E-state index >= 15 is 0 Å². The van der Waals surface area contributed by atoms with Gasteiger partial charge < -0.3 is 9.84 Å². The molecular formula is C20H23N3O6S. The van der Waals surface area contributed by atoms with E-state index in [1.54, 1.807) is 49.4 Å². The van der Waals surface area contributed by atoms with E-state index in [4.69, 9.17) is 4.74 Å². The Bertz CT molecular complexity index is 1080. The summed E-state index contributed by atoms with van der Waals surface area (Å²) >= 11 is 0. The molecule has 0 saturated carbocycles. The highest BCUT2D eigenvalue weighted by molar-refractivity contribution is 7.92. The van der Waals surface area contributed by atoms with Gasteiger partial charge in [-0.1, -0.05) is 18.2 Å². The van der Waals surface area contributed by atoms with Gasteiger partial charge in [0.25, 0.3) is 0 Å². The molecule has 1 aliphatic heterocycles. The molecule has 1 atom stereocenters. The van der Waals surface area contributed by atoms with Crippen LogP contribution in [0.3, 0.4) is 0 Å². The molecule has 0 bridgehead atoms. The van der Waals surface area contributed by atoms with Crippen molar-refractivity contribution in [3.63, 3.8) is 0 Å². The molecule has 0 unspecified atom stereocenters. The fraction of sp³-hybridized carbons (Fsp3) is 0.300. The number of hydrogen-bond acceptors (Lipinski definition) is 5. The quantitative estimate of drug-likeness (QED) is 0.796. The second-order valence-corrected chi connectivity index (χ2v) is 9.08. The van der Waals surface area contributed by atoms with Crippen LogP contribution in [-0.4, -0.2) is 58.7 Å². The highest BCUT2D eigenvalue weighted by Crippen LogP contribution is 2.39. The van der Waals surface area contributed by atoms with Gasteiger partial charge in [0, 0.05) is 7.05 Å². The van der Waals surface area contributed by atoms with Crippen LogP contribution in [0.2, 0.25) is 0 Å². The summed E-state index contributed by atoms with van der Waals surface area (Å²) in [7, 11) is -0.624. The van der Waals surface area contributed by atoms with E-state index in [1.807, 2.05) is 0 Å². The molecule has 10 heteroatoms. The first-order valence-corrected chi connectivity index (χ1v) is 11.0. The second-order valence-electron chi connectivity index (χ2n) is 7.06. The van der Waals surface area contributed by atoms with Crippen molar-refractivity contribution < 1.29 is 27.9 Å². The minimum Gasteiger partial charge on any atom is -0.465 e. The maximum absolute atomic E-state index is 12.2. The van der Waals surface area contributed by atoms with Crippen LogP contribution in [0.1, 0.15) is 6.92 Å². The van der Waals surface area contributed by atoms with Crippen molar-refractivity contribution in [3.05, 3.63) is 42.5 Å². The lowest BCUT2D eigenvalue weighted by Gasteiger charge is -2.39. The molecule has 2 amide bonds. The number of carboxylic acid groups (broad SMARTS) is 1. The van der Waals surface area contributed by atoms with E-state index < -0.39 is 28.3 Å². The number of methoxy groups -OCH3 is 1. The zero-order valence-electron chi connectivity index (χ0n) is 17.1. The van der Waals surface area contributed by atoms with Crippen molar-refractivity contribution in [2.24, 2.45) is 0 Å². The molecule has 0 spiro atoms. The van der Waals surface area contributed by atoms with E-state index in [0.717, 1.165) is 17.4 Å². The Morgan fingerprint density at radius 2 is 1.70 bits per heavy atom. The molecule has 160 valence electrons. The van der Waals surface area contributed by atoms with Crippen molar-refractivity contribution in [3.8, 4) is 11.1 Å². The van der Waals surface area contributed by atoms with E-state index in [9.17, 15) is 23.1 Å². The summed E-state index contributed by atoms with van der Waals surface area (Å²) in [5, 5.41) is 9.65. The van der Waals surface area contributed by atoms with Crippen LogP contribution in [0, 0.1) is 0 Å². The Kier molecular flexibility index (Phi) is 5.62. The molecule has 0 aliphatic carbocycles. The Balaban J connectivity index is 2.04. The van der Waals surface area contributed by atoms with Gasteiger partial charge in [-0.3, -0.25) is 14.1 Å². The largest absolute Gasteiger partial charge is 0.465 e. The monoisotopic (exact) mass is 433 g/mol. The molecule has 2 aromatic carbocycles. The van der Waals surface area contributed by atoms with Crippen LogP contribution in [0.5, 0.6) is 0 Å². The van der Waals surface area contributed by atoms with Gasteiger partial charge in [0.1, 0.15) is 0 Å². The molecule has 0 fully saturated rings.